The third-order valence-electron chi connectivity index (χ3n) is 4.97. The molecular weight excluding hydrogens is 441 g/mol. The van der Waals surface area contributed by atoms with Crippen LogP contribution >= 0.6 is 23.2 Å². The van der Waals surface area contributed by atoms with E-state index in [-0.39, 0.29) is 17.9 Å². The fourth-order valence-electron chi connectivity index (χ4n) is 3.57. The smallest absolute Gasteiger partial charge is 0.295 e. The molecule has 0 radical (unpaired) electrons. The number of likely N-dealkylation sites (tertiary alicyclic amines) is 1. The fraction of sp³-hybridized carbons (Fsp3) is 0.304. The molecule has 1 unspecified atom stereocenters. The quantitative estimate of drug-likeness (QED) is 0.262. The van der Waals surface area contributed by atoms with Gasteiger partial charge in [0.15, 0.2) is 0 Å². The van der Waals surface area contributed by atoms with Crippen LogP contribution in [-0.2, 0) is 14.3 Å². The van der Waals surface area contributed by atoms with Gasteiger partial charge in [-0.15, -0.1) is 0 Å². The van der Waals surface area contributed by atoms with E-state index in [0.717, 1.165) is 0 Å². The highest BCUT2D eigenvalue weighted by Gasteiger charge is 2.45. The molecule has 164 valence electrons. The van der Waals surface area contributed by atoms with Gasteiger partial charge in [-0.05, 0) is 43.2 Å². The second kappa shape index (κ2) is 10.2. The van der Waals surface area contributed by atoms with E-state index in [2.05, 4.69) is 0 Å². The van der Waals surface area contributed by atoms with Crippen LogP contribution in [0.15, 0.2) is 48.0 Å². The van der Waals surface area contributed by atoms with E-state index >= 15 is 0 Å². The minimum atomic E-state index is -0.803. The first-order chi connectivity index (χ1) is 14.9. The molecule has 1 saturated heterocycles. The molecule has 1 fully saturated rings. The van der Waals surface area contributed by atoms with Gasteiger partial charge in [0, 0.05) is 25.8 Å². The lowest BCUT2D eigenvalue weighted by molar-refractivity contribution is -0.140. The molecule has 0 spiro atoms. The number of hydrogen-bond acceptors (Lipinski definition) is 5. The van der Waals surface area contributed by atoms with Crippen molar-refractivity contribution in [3.63, 3.8) is 0 Å². The second-order valence-electron chi connectivity index (χ2n) is 6.97. The zero-order valence-electron chi connectivity index (χ0n) is 17.2. The van der Waals surface area contributed by atoms with Gasteiger partial charge in [0.25, 0.3) is 11.7 Å². The van der Waals surface area contributed by atoms with Gasteiger partial charge >= 0.3 is 0 Å². The highest BCUT2D eigenvalue weighted by molar-refractivity contribution is 6.46. The lowest BCUT2D eigenvalue weighted by Gasteiger charge is -2.25. The summed E-state index contributed by atoms with van der Waals surface area (Å²) >= 11 is 12.3. The van der Waals surface area contributed by atoms with Crippen molar-refractivity contribution in [2.24, 2.45) is 0 Å². The minimum Gasteiger partial charge on any atom is -0.507 e. The monoisotopic (exact) mass is 463 g/mol. The Morgan fingerprint density at radius 1 is 1.13 bits per heavy atom. The molecule has 3 rings (SSSR count). The average Bonchev–Trinajstić information content (AvgIpc) is 3.01. The number of methoxy groups -OCH3 is 1. The van der Waals surface area contributed by atoms with Crippen LogP contribution < -0.4 is 4.74 Å². The first-order valence-electron chi connectivity index (χ1n) is 9.84. The second-order valence-corrected chi connectivity index (χ2v) is 7.79. The fourth-order valence-corrected chi connectivity index (χ4v) is 3.88. The molecule has 1 atom stereocenters. The molecule has 2 aromatic carbocycles. The molecule has 1 N–H and O–H groups in total. The Kier molecular flexibility index (Phi) is 7.59. The number of amides is 1. The summed E-state index contributed by atoms with van der Waals surface area (Å²) in [5, 5.41) is 11.7. The SMILES string of the molecule is CCOc1cccc(C(O)=C2C(=O)C(=O)N(CCCOC)C2c2ccc(Cl)c(Cl)c2)c1. The molecule has 8 heteroatoms. The van der Waals surface area contributed by atoms with Crippen molar-refractivity contribution < 1.29 is 24.2 Å². The number of aliphatic hydroxyl groups is 1. The molecule has 1 aliphatic heterocycles. The predicted molar refractivity (Wildman–Crippen MR) is 120 cm³/mol. The summed E-state index contributed by atoms with van der Waals surface area (Å²) in [7, 11) is 1.57. The Labute approximate surface area is 191 Å². The van der Waals surface area contributed by atoms with E-state index in [1.807, 2.05) is 6.92 Å². The Bertz CT molecular complexity index is 1020. The van der Waals surface area contributed by atoms with Gasteiger partial charge in [0.1, 0.15) is 11.5 Å². The Hall–Kier alpha value is -2.54. The Morgan fingerprint density at radius 2 is 1.90 bits per heavy atom. The van der Waals surface area contributed by atoms with Crippen molar-refractivity contribution in [2.75, 3.05) is 26.9 Å². The number of halogens is 2. The predicted octanol–water partition coefficient (Wildman–Crippen LogP) is 4.85. The normalized spacial score (nSPS) is 17.9. The highest BCUT2D eigenvalue weighted by Crippen LogP contribution is 2.41. The molecule has 0 bridgehead atoms. The maximum Gasteiger partial charge on any atom is 0.295 e. The molecule has 31 heavy (non-hydrogen) atoms. The number of ketones is 1. The molecule has 1 amide bonds. The van der Waals surface area contributed by atoms with Crippen LogP contribution in [0.4, 0.5) is 0 Å². The number of carbonyl (C=O) groups excluding carboxylic acids is 2. The van der Waals surface area contributed by atoms with E-state index < -0.39 is 17.7 Å². The van der Waals surface area contributed by atoms with Crippen molar-refractivity contribution in [3.8, 4) is 5.75 Å². The summed E-state index contributed by atoms with van der Waals surface area (Å²) in [5.74, 6) is -1.17. The zero-order chi connectivity index (χ0) is 22.5. The lowest BCUT2D eigenvalue weighted by Crippen LogP contribution is -2.31. The topological polar surface area (TPSA) is 76.1 Å². The lowest BCUT2D eigenvalue weighted by atomic mass is 9.95. The van der Waals surface area contributed by atoms with Gasteiger partial charge in [-0.1, -0.05) is 41.4 Å². The van der Waals surface area contributed by atoms with Gasteiger partial charge in [-0.25, -0.2) is 0 Å². The Morgan fingerprint density at radius 3 is 2.58 bits per heavy atom. The highest BCUT2D eigenvalue weighted by atomic mass is 35.5. The molecule has 2 aromatic rings. The summed E-state index contributed by atoms with van der Waals surface area (Å²) in [5.41, 5.74) is 0.953. The van der Waals surface area contributed by atoms with Gasteiger partial charge in [0.2, 0.25) is 0 Å². The number of Topliss-reactive ketones (excluding diaryl/α,β-unsaturated/α-hetero) is 1. The number of ether oxygens (including phenoxy) is 2. The maximum absolute atomic E-state index is 13.0. The molecule has 0 aliphatic carbocycles. The first-order valence-corrected chi connectivity index (χ1v) is 10.6. The van der Waals surface area contributed by atoms with Crippen molar-refractivity contribution in [1.82, 2.24) is 4.90 Å². The van der Waals surface area contributed by atoms with Gasteiger partial charge in [-0.2, -0.15) is 0 Å². The van der Waals surface area contributed by atoms with E-state index in [4.69, 9.17) is 32.7 Å². The van der Waals surface area contributed by atoms with Crippen LogP contribution in [-0.4, -0.2) is 48.6 Å². The van der Waals surface area contributed by atoms with Crippen molar-refractivity contribution >= 4 is 40.7 Å². The number of hydrogen-bond donors (Lipinski definition) is 1. The van der Waals surface area contributed by atoms with E-state index in [1.165, 1.54) is 4.90 Å². The summed E-state index contributed by atoms with van der Waals surface area (Å²) in [6, 6.07) is 10.8. The van der Waals surface area contributed by atoms with Crippen LogP contribution in [0.5, 0.6) is 5.75 Å². The number of aliphatic hydroxyl groups excluding tert-OH is 1. The van der Waals surface area contributed by atoms with Gasteiger partial charge in [-0.3, -0.25) is 9.59 Å². The van der Waals surface area contributed by atoms with Crippen LogP contribution in [0.25, 0.3) is 5.76 Å². The summed E-state index contributed by atoms with van der Waals surface area (Å²) in [4.78, 5) is 27.3. The van der Waals surface area contributed by atoms with Crippen molar-refractivity contribution in [1.29, 1.82) is 0 Å². The van der Waals surface area contributed by atoms with Crippen LogP contribution in [0, 0.1) is 0 Å². The summed E-state index contributed by atoms with van der Waals surface area (Å²) in [6.07, 6.45) is 0.529. The van der Waals surface area contributed by atoms with E-state index in [1.54, 1.807) is 49.6 Å². The zero-order valence-corrected chi connectivity index (χ0v) is 18.7. The minimum absolute atomic E-state index is 0.00513. The standard InChI is InChI=1S/C23H23Cl2NO5/c1-3-31-16-7-4-6-15(12-16)21(27)19-20(14-8-9-17(24)18(25)13-14)26(10-5-11-30-2)23(29)22(19)28/h4,6-9,12-13,20,27H,3,5,10-11H2,1-2H3. The largest absolute Gasteiger partial charge is 0.507 e. The number of rotatable bonds is 8. The van der Waals surface area contributed by atoms with Crippen molar-refractivity contribution in [2.45, 2.75) is 19.4 Å². The van der Waals surface area contributed by atoms with Crippen LogP contribution in [0.2, 0.25) is 10.0 Å². The third kappa shape index (κ3) is 4.87. The number of carbonyl (C=O) groups is 2. The van der Waals surface area contributed by atoms with Crippen LogP contribution in [0.1, 0.15) is 30.5 Å². The number of benzene rings is 2. The molecule has 1 aliphatic rings. The molecular formula is C23H23Cl2NO5. The van der Waals surface area contributed by atoms with Gasteiger partial charge in [0.05, 0.1) is 28.3 Å². The van der Waals surface area contributed by atoms with E-state index in [0.29, 0.717) is 46.6 Å². The summed E-state index contributed by atoms with van der Waals surface area (Å²) in [6.45, 7) is 3.01. The van der Waals surface area contributed by atoms with Crippen molar-refractivity contribution in [3.05, 3.63) is 69.2 Å². The van der Waals surface area contributed by atoms with Gasteiger partial charge < -0.3 is 19.5 Å². The summed E-state index contributed by atoms with van der Waals surface area (Å²) < 4.78 is 10.6. The Balaban J connectivity index is 2.13. The molecule has 0 saturated carbocycles. The molecule has 6 nitrogen and oxygen atoms in total. The third-order valence-corrected chi connectivity index (χ3v) is 5.70. The molecule has 0 aromatic heterocycles. The van der Waals surface area contributed by atoms with E-state index in [9.17, 15) is 14.7 Å². The first kappa shape index (κ1) is 23.1. The van der Waals surface area contributed by atoms with Crippen LogP contribution in [0.3, 0.4) is 0 Å². The molecule has 1 heterocycles. The average molecular weight is 464 g/mol. The maximum atomic E-state index is 13.0. The number of nitrogens with zero attached hydrogens (tertiary/aromatic N) is 1.